The molecule has 0 spiro atoms. The van der Waals surface area contributed by atoms with Crippen LogP contribution in [0.1, 0.15) is 31.6 Å². The number of esters is 1. The number of halogens is 4. The number of carbonyl (C=O) groups is 1. The molecular formula is C18H19AlClF3N6O4. The molecule has 0 bridgehead atoms. The fourth-order valence-electron chi connectivity index (χ4n) is 3.11. The van der Waals surface area contributed by atoms with Crippen LogP contribution in [0.3, 0.4) is 0 Å². The minimum atomic E-state index is -4.92. The van der Waals surface area contributed by atoms with E-state index in [2.05, 4.69) is 15.2 Å². The van der Waals surface area contributed by atoms with Gasteiger partial charge < -0.3 is 13.5 Å². The van der Waals surface area contributed by atoms with Crippen LogP contribution in [0.4, 0.5) is 13.2 Å². The second-order valence-corrected chi connectivity index (χ2v) is 8.48. The number of aromatic nitrogens is 6. The van der Waals surface area contributed by atoms with E-state index in [0.29, 0.717) is 32.9 Å². The molecule has 176 valence electrons. The van der Waals surface area contributed by atoms with Gasteiger partial charge in [-0.2, -0.15) is 18.3 Å². The van der Waals surface area contributed by atoms with Gasteiger partial charge >= 0.3 is 34.3 Å². The smallest absolute Gasteiger partial charge is 0.416 e. The third-order valence-electron chi connectivity index (χ3n) is 4.60. The molecule has 0 saturated heterocycles. The van der Waals surface area contributed by atoms with Gasteiger partial charge in [0, 0.05) is 17.5 Å². The van der Waals surface area contributed by atoms with Crippen LogP contribution in [-0.2, 0) is 22.6 Å². The normalized spacial score (nSPS) is 13.7. The monoisotopic (exact) mass is 502 g/mol. The third-order valence-corrected chi connectivity index (χ3v) is 5.51. The number of nitrogens with zero attached hydrogens (tertiary/aromatic N) is 6. The highest BCUT2D eigenvalue weighted by Crippen LogP contribution is 2.24. The quantitative estimate of drug-likeness (QED) is 0.377. The molecule has 2 heterocycles. The van der Waals surface area contributed by atoms with Crippen molar-refractivity contribution in [2.24, 2.45) is 0 Å². The van der Waals surface area contributed by atoms with Crippen LogP contribution in [0.15, 0.2) is 29.1 Å². The molecule has 1 aromatic carbocycles. The molecule has 2 aromatic heterocycles. The van der Waals surface area contributed by atoms with E-state index >= 15 is 0 Å². The molecule has 0 aliphatic carbocycles. The number of aliphatic hydroxyl groups is 1. The zero-order valence-electron chi connectivity index (χ0n) is 17.7. The first kappa shape index (κ1) is 25.0. The van der Waals surface area contributed by atoms with Gasteiger partial charge in [-0.25, -0.2) is 14.5 Å². The van der Waals surface area contributed by atoms with Crippen molar-refractivity contribution in [2.45, 2.75) is 45.3 Å². The lowest BCUT2D eigenvalue weighted by Crippen LogP contribution is -2.37. The van der Waals surface area contributed by atoms with Crippen molar-refractivity contribution >= 4 is 34.1 Å². The van der Waals surface area contributed by atoms with Crippen molar-refractivity contribution in [1.29, 1.82) is 0 Å². The number of ether oxygens (including phenoxy) is 1. The zero-order chi connectivity index (χ0) is 24.5. The van der Waals surface area contributed by atoms with E-state index in [1.165, 1.54) is 34.9 Å². The summed E-state index contributed by atoms with van der Waals surface area (Å²) in [5.74, 6) is -0.0622. The predicted octanol–water partition coefficient (Wildman–Crippen LogP) is 0.948. The van der Waals surface area contributed by atoms with Gasteiger partial charge in [0.05, 0.1) is 6.54 Å². The highest BCUT2D eigenvalue weighted by molar-refractivity contribution is 6.30. The Morgan fingerprint density at radius 2 is 1.91 bits per heavy atom. The topological polar surface area (TPSA) is 117 Å². The maximum Gasteiger partial charge on any atom is 0.416 e. The zero-order valence-corrected chi connectivity index (χ0v) is 20.5. The minimum Gasteiger partial charge on any atom is -0.455 e. The second-order valence-electron chi connectivity index (χ2n) is 7.20. The molecule has 0 saturated carbocycles. The van der Waals surface area contributed by atoms with Gasteiger partial charge in [0.2, 0.25) is 0 Å². The van der Waals surface area contributed by atoms with E-state index in [9.17, 15) is 27.9 Å². The Kier molecular flexibility index (Phi) is 7.33. The van der Waals surface area contributed by atoms with Gasteiger partial charge in [-0.1, -0.05) is 11.6 Å². The van der Waals surface area contributed by atoms with E-state index < -0.39 is 36.6 Å². The van der Waals surface area contributed by atoms with Gasteiger partial charge in [0.25, 0.3) is 0 Å². The summed E-state index contributed by atoms with van der Waals surface area (Å²) in [4.78, 5) is 28.4. The van der Waals surface area contributed by atoms with Crippen LogP contribution in [-0.4, -0.2) is 68.0 Å². The highest BCUT2D eigenvalue weighted by Gasteiger charge is 2.39. The fraction of sp³-hybridized carbons (Fsp3) is 0.389. The van der Waals surface area contributed by atoms with Crippen LogP contribution in [0.5, 0.6) is 0 Å². The number of hydrogen-bond donors (Lipinski definition) is 1. The average molecular weight is 503 g/mol. The van der Waals surface area contributed by atoms with Crippen LogP contribution in [0.2, 0.25) is 5.02 Å². The Labute approximate surface area is 198 Å². The maximum atomic E-state index is 13.0. The molecule has 10 nitrogen and oxygen atoms in total. The molecule has 0 aliphatic heterocycles. The number of alkyl halides is 3. The largest absolute Gasteiger partial charge is 0.455 e. The van der Waals surface area contributed by atoms with Crippen molar-refractivity contribution < 1.29 is 27.8 Å². The first-order valence-corrected chi connectivity index (χ1v) is 10.9. The first-order valence-electron chi connectivity index (χ1n) is 9.62. The van der Waals surface area contributed by atoms with Crippen LogP contribution >= 0.6 is 11.6 Å². The molecule has 1 N–H and O–H groups in total. The first-order chi connectivity index (χ1) is 15.4. The minimum absolute atomic E-state index is 0.0845. The standard InChI is InChI=1S/C18H17ClF3N6O4.Al.2H/c1-9(32-10(2)29)15-23-14(24-25-15)8-28-17(31)27(7-13(30)18(20,21)22)16(26-28)11-3-5-12(19)6-4-11;;;/h3-6,9,13,30H,7-8H2,1-2H3;;;/q-1;+1;;/t9-,13-;;;/m0.../s1. The molecule has 33 heavy (non-hydrogen) atoms. The molecule has 15 heteroatoms. The summed E-state index contributed by atoms with van der Waals surface area (Å²) >= 11 is 6.27. The lowest BCUT2D eigenvalue weighted by molar-refractivity contribution is -0.207. The van der Waals surface area contributed by atoms with E-state index in [-0.39, 0.29) is 18.2 Å². The van der Waals surface area contributed by atoms with E-state index in [4.69, 9.17) is 16.3 Å². The Morgan fingerprint density at radius 1 is 1.27 bits per heavy atom. The molecule has 0 amide bonds. The third kappa shape index (κ3) is 5.83. The Hall–Kier alpha value is -2.66. The van der Waals surface area contributed by atoms with Gasteiger partial charge in [0.15, 0.2) is 23.9 Å². The summed E-state index contributed by atoms with van der Waals surface area (Å²) in [6.07, 6.45) is -8.37. The summed E-state index contributed by atoms with van der Waals surface area (Å²) < 4.78 is 47.1. The number of aliphatic hydroxyl groups excluding tert-OH is 1. The van der Waals surface area contributed by atoms with Crippen molar-refractivity contribution in [3.63, 3.8) is 0 Å². The van der Waals surface area contributed by atoms with Gasteiger partial charge in [-0.15, -0.1) is 5.10 Å². The Balaban J connectivity index is 1.99. The number of hydrogen-bond acceptors (Lipinski definition) is 7. The van der Waals surface area contributed by atoms with Gasteiger partial charge in [0.1, 0.15) is 12.4 Å². The molecule has 0 radical (unpaired) electrons. The number of carbonyl (C=O) groups excluding carboxylic acids is 1. The van der Waals surface area contributed by atoms with E-state index in [1.54, 1.807) is 6.92 Å². The fourth-order valence-corrected chi connectivity index (χ4v) is 3.93. The summed E-state index contributed by atoms with van der Waals surface area (Å²) in [6, 6.07) is 5.99. The van der Waals surface area contributed by atoms with E-state index in [1.807, 2.05) is 0 Å². The van der Waals surface area contributed by atoms with Crippen molar-refractivity contribution in [1.82, 2.24) is 28.1 Å². The number of benzene rings is 1. The molecular weight excluding hydrogens is 484 g/mol. The summed E-state index contributed by atoms with van der Waals surface area (Å²) in [6.45, 7) is 1.58. The Bertz CT molecular complexity index is 1210. The summed E-state index contributed by atoms with van der Waals surface area (Å²) in [7, 11) is 0. The maximum absolute atomic E-state index is 13.0. The Morgan fingerprint density at radius 3 is 2.48 bits per heavy atom. The molecule has 0 aliphatic rings. The summed E-state index contributed by atoms with van der Waals surface area (Å²) in [5, 5.41) is 18.3. The molecule has 3 rings (SSSR count). The highest BCUT2D eigenvalue weighted by atomic mass is 35.5. The van der Waals surface area contributed by atoms with Crippen LogP contribution < -0.4 is 5.69 Å². The van der Waals surface area contributed by atoms with E-state index in [0.717, 1.165) is 9.25 Å². The lowest BCUT2D eigenvalue weighted by atomic mass is 10.2. The average Bonchev–Trinajstić information content (AvgIpc) is 3.22. The van der Waals surface area contributed by atoms with Crippen LogP contribution in [0.25, 0.3) is 11.4 Å². The molecule has 0 unspecified atom stereocenters. The SMILES string of the molecule is CC(=O)O[C@@H](C)c1nc(Cn2nc(-c3ccc(Cl)cc3)n(C[C@H](O)C(F)(F)F)c2=O)n[n]1[AlH2]. The predicted molar refractivity (Wildman–Crippen MR) is 112 cm³/mol. The molecule has 3 aromatic rings. The number of rotatable bonds is 7. The van der Waals surface area contributed by atoms with Gasteiger partial charge in [-0.05, 0) is 31.2 Å². The summed E-state index contributed by atoms with van der Waals surface area (Å²) in [5.41, 5.74) is -0.558. The van der Waals surface area contributed by atoms with Gasteiger partial charge in [-0.3, -0.25) is 9.36 Å². The van der Waals surface area contributed by atoms with Crippen molar-refractivity contribution in [2.75, 3.05) is 0 Å². The van der Waals surface area contributed by atoms with Crippen molar-refractivity contribution in [3.05, 3.63) is 51.4 Å². The lowest BCUT2D eigenvalue weighted by Gasteiger charge is -2.15. The van der Waals surface area contributed by atoms with Crippen molar-refractivity contribution in [3.8, 4) is 11.4 Å². The molecule has 2 atom stereocenters. The molecule has 0 fully saturated rings. The van der Waals surface area contributed by atoms with Crippen LogP contribution in [0, 0.1) is 0 Å². The second kappa shape index (κ2) is 9.68.